The molecule has 0 unspecified atom stereocenters. The molecule has 0 saturated heterocycles. The average Bonchev–Trinajstić information content (AvgIpc) is 3.28. The van der Waals surface area contributed by atoms with E-state index in [4.69, 9.17) is 4.74 Å². The zero-order valence-electron chi connectivity index (χ0n) is 14.4. The third kappa shape index (κ3) is 3.13. The van der Waals surface area contributed by atoms with Crippen molar-refractivity contribution in [3.8, 4) is 17.0 Å². The van der Waals surface area contributed by atoms with Crippen LogP contribution in [0.15, 0.2) is 60.9 Å². The Labute approximate surface area is 146 Å². The van der Waals surface area contributed by atoms with Crippen LogP contribution in [0.5, 0.6) is 5.75 Å². The number of hydrogen-bond donors (Lipinski definition) is 0. The lowest BCUT2D eigenvalue weighted by molar-refractivity contribution is 0.300. The molecule has 2 aromatic heterocycles. The van der Waals surface area contributed by atoms with Crippen molar-refractivity contribution >= 4 is 10.8 Å². The molecule has 2 aromatic carbocycles. The number of ether oxygens (including phenoxy) is 1. The Balaban J connectivity index is 1.59. The van der Waals surface area contributed by atoms with E-state index in [0.29, 0.717) is 6.61 Å². The number of hydrogen-bond acceptors (Lipinski definition) is 3. The highest BCUT2D eigenvalue weighted by Crippen LogP contribution is 2.27. The maximum absolute atomic E-state index is 5.92. The second kappa shape index (κ2) is 6.43. The van der Waals surface area contributed by atoms with Crippen LogP contribution >= 0.6 is 0 Å². The highest BCUT2D eigenvalue weighted by atomic mass is 16.5. The van der Waals surface area contributed by atoms with E-state index in [-0.39, 0.29) is 0 Å². The molecule has 0 N–H and O–H groups in total. The molecule has 0 fully saturated rings. The van der Waals surface area contributed by atoms with Crippen molar-refractivity contribution in [2.75, 3.05) is 0 Å². The molecule has 0 amide bonds. The van der Waals surface area contributed by atoms with Crippen LogP contribution in [0.3, 0.4) is 0 Å². The van der Waals surface area contributed by atoms with Gasteiger partial charge in [0.2, 0.25) is 0 Å². The molecule has 0 saturated carbocycles. The molecule has 4 rings (SSSR count). The Hall–Kier alpha value is -3.08. The fraction of sp³-hybridized carbons (Fsp3) is 0.200. The van der Waals surface area contributed by atoms with Crippen molar-refractivity contribution in [3.63, 3.8) is 0 Å². The van der Waals surface area contributed by atoms with Crippen molar-refractivity contribution in [2.45, 2.75) is 20.1 Å². The Kier molecular flexibility index (Phi) is 3.98. The van der Waals surface area contributed by atoms with Crippen molar-refractivity contribution in [1.82, 2.24) is 19.6 Å². The number of benzene rings is 2. The second-order valence-electron chi connectivity index (χ2n) is 6.02. The van der Waals surface area contributed by atoms with Crippen molar-refractivity contribution in [3.05, 3.63) is 66.6 Å². The van der Waals surface area contributed by atoms with E-state index in [1.807, 2.05) is 47.0 Å². The minimum Gasteiger partial charge on any atom is -0.487 e. The monoisotopic (exact) mass is 332 g/mol. The number of rotatable bonds is 5. The molecular formula is C20H20N4O. The standard InChI is InChI=1S/C20H20N4O/c1-3-24-11-9-18(22-24)14-25-19-7-6-15-4-5-16(12-17(15)13-19)20-8-10-21-23(20)2/h4-13H,3,14H2,1-2H3. The summed E-state index contributed by atoms with van der Waals surface area (Å²) in [6.45, 7) is 3.41. The van der Waals surface area contributed by atoms with Crippen LogP contribution in [-0.2, 0) is 20.2 Å². The average molecular weight is 332 g/mol. The maximum Gasteiger partial charge on any atom is 0.132 e. The number of aromatic nitrogens is 4. The molecule has 0 radical (unpaired) electrons. The van der Waals surface area contributed by atoms with Gasteiger partial charge in [-0.1, -0.05) is 18.2 Å². The molecule has 0 bridgehead atoms. The van der Waals surface area contributed by atoms with Gasteiger partial charge in [-0.15, -0.1) is 0 Å². The Morgan fingerprint density at radius 1 is 1.00 bits per heavy atom. The fourth-order valence-corrected chi connectivity index (χ4v) is 2.95. The number of aryl methyl sites for hydroxylation is 2. The maximum atomic E-state index is 5.92. The minimum absolute atomic E-state index is 0.472. The van der Waals surface area contributed by atoms with Gasteiger partial charge in [0.15, 0.2) is 0 Å². The summed E-state index contributed by atoms with van der Waals surface area (Å²) in [5.41, 5.74) is 3.18. The van der Waals surface area contributed by atoms with E-state index in [2.05, 4.69) is 47.5 Å². The van der Waals surface area contributed by atoms with Crippen molar-refractivity contribution in [2.24, 2.45) is 7.05 Å². The summed E-state index contributed by atoms with van der Waals surface area (Å²) in [5.74, 6) is 0.848. The molecule has 25 heavy (non-hydrogen) atoms. The first kappa shape index (κ1) is 15.4. The van der Waals surface area contributed by atoms with Gasteiger partial charge in [-0.2, -0.15) is 10.2 Å². The van der Waals surface area contributed by atoms with Gasteiger partial charge in [-0.3, -0.25) is 9.36 Å². The normalized spacial score (nSPS) is 11.1. The lowest BCUT2D eigenvalue weighted by atomic mass is 10.0. The molecule has 4 aromatic rings. The quantitative estimate of drug-likeness (QED) is 0.554. The number of nitrogens with zero attached hydrogens (tertiary/aromatic N) is 4. The predicted molar refractivity (Wildman–Crippen MR) is 98.4 cm³/mol. The van der Waals surface area contributed by atoms with E-state index in [1.165, 1.54) is 5.39 Å². The highest BCUT2D eigenvalue weighted by Gasteiger charge is 2.05. The van der Waals surface area contributed by atoms with Crippen LogP contribution in [0.1, 0.15) is 12.6 Å². The minimum atomic E-state index is 0.472. The lowest BCUT2D eigenvalue weighted by Crippen LogP contribution is -1.99. The smallest absolute Gasteiger partial charge is 0.132 e. The Morgan fingerprint density at radius 3 is 2.64 bits per heavy atom. The highest BCUT2D eigenvalue weighted by molar-refractivity contribution is 5.88. The molecule has 0 aliphatic heterocycles. The van der Waals surface area contributed by atoms with Gasteiger partial charge < -0.3 is 4.74 Å². The molecule has 0 aliphatic carbocycles. The van der Waals surface area contributed by atoms with Crippen LogP contribution in [-0.4, -0.2) is 19.6 Å². The summed E-state index contributed by atoms with van der Waals surface area (Å²) in [5, 5.41) is 11.0. The summed E-state index contributed by atoms with van der Waals surface area (Å²) in [6, 6.07) is 16.6. The fourth-order valence-electron chi connectivity index (χ4n) is 2.95. The summed E-state index contributed by atoms with van der Waals surface area (Å²) >= 11 is 0. The van der Waals surface area contributed by atoms with Crippen molar-refractivity contribution < 1.29 is 4.74 Å². The Morgan fingerprint density at radius 2 is 1.88 bits per heavy atom. The zero-order valence-corrected chi connectivity index (χ0v) is 14.4. The van der Waals surface area contributed by atoms with Gasteiger partial charge in [0.25, 0.3) is 0 Å². The SMILES string of the molecule is CCn1ccc(COc2ccc3ccc(-c4ccnn4C)cc3c2)n1. The van der Waals surface area contributed by atoms with E-state index in [9.17, 15) is 0 Å². The molecule has 0 aliphatic rings. The van der Waals surface area contributed by atoms with Crippen LogP contribution in [0.2, 0.25) is 0 Å². The van der Waals surface area contributed by atoms with Gasteiger partial charge >= 0.3 is 0 Å². The molecule has 2 heterocycles. The van der Waals surface area contributed by atoms with Gasteiger partial charge in [-0.05, 0) is 48.0 Å². The molecular weight excluding hydrogens is 312 g/mol. The van der Waals surface area contributed by atoms with Gasteiger partial charge in [-0.25, -0.2) is 0 Å². The largest absolute Gasteiger partial charge is 0.487 e. The molecule has 126 valence electrons. The first-order valence-electron chi connectivity index (χ1n) is 8.40. The van der Waals surface area contributed by atoms with E-state index in [0.717, 1.165) is 34.6 Å². The molecule has 5 nitrogen and oxygen atoms in total. The lowest BCUT2D eigenvalue weighted by Gasteiger charge is -2.08. The summed E-state index contributed by atoms with van der Waals surface area (Å²) in [7, 11) is 1.95. The first-order valence-corrected chi connectivity index (χ1v) is 8.40. The van der Waals surface area contributed by atoms with Crippen LogP contribution < -0.4 is 4.74 Å². The van der Waals surface area contributed by atoms with Crippen LogP contribution in [0, 0.1) is 0 Å². The summed E-state index contributed by atoms with van der Waals surface area (Å²) < 4.78 is 9.70. The third-order valence-corrected chi connectivity index (χ3v) is 4.33. The zero-order chi connectivity index (χ0) is 17.2. The van der Waals surface area contributed by atoms with E-state index >= 15 is 0 Å². The predicted octanol–water partition coefficient (Wildman–Crippen LogP) is 4.04. The number of fused-ring (bicyclic) bond motifs is 1. The summed E-state index contributed by atoms with van der Waals surface area (Å²) in [6.07, 6.45) is 3.79. The van der Waals surface area contributed by atoms with Crippen molar-refractivity contribution in [1.29, 1.82) is 0 Å². The molecule has 0 spiro atoms. The van der Waals surface area contributed by atoms with Gasteiger partial charge in [0.05, 0.1) is 11.4 Å². The van der Waals surface area contributed by atoms with E-state index < -0.39 is 0 Å². The van der Waals surface area contributed by atoms with Gasteiger partial charge in [0, 0.05) is 31.5 Å². The van der Waals surface area contributed by atoms with Crippen LogP contribution in [0.25, 0.3) is 22.0 Å². The van der Waals surface area contributed by atoms with Gasteiger partial charge in [0.1, 0.15) is 12.4 Å². The van der Waals surface area contributed by atoms with Crippen LogP contribution in [0.4, 0.5) is 0 Å². The topological polar surface area (TPSA) is 44.9 Å². The molecule has 0 atom stereocenters. The third-order valence-electron chi connectivity index (χ3n) is 4.33. The summed E-state index contributed by atoms with van der Waals surface area (Å²) in [4.78, 5) is 0. The second-order valence-corrected chi connectivity index (χ2v) is 6.02. The Bertz CT molecular complexity index is 1020. The van der Waals surface area contributed by atoms with E-state index in [1.54, 1.807) is 0 Å². The first-order chi connectivity index (χ1) is 12.2. The molecule has 5 heteroatoms.